The molecule has 188 valence electrons. The maximum atomic E-state index is 3.82. The molecule has 4 aromatic carbocycles. The van der Waals surface area contributed by atoms with Crippen LogP contribution in [0.2, 0.25) is 0 Å². The van der Waals surface area contributed by atoms with Gasteiger partial charge in [-0.05, 0) is 22.3 Å². The van der Waals surface area contributed by atoms with Gasteiger partial charge in [-0.3, -0.25) is 0 Å². The largest absolute Gasteiger partial charge is 2.00 e. The summed E-state index contributed by atoms with van der Waals surface area (Å²) < 4.78 is 7.84. The van der Waals surface area contributed by atoms with Crippen LogP contribution in [0.15, 0.2) is 104 Å². The molecule has 0 bridgehead atoms. The van der Waals surface area contributed by atoms with Crippen LogP contribution in [0.25, 0.3) is 11.1 Å². The molecule has 4 nitrogen and oxygen atoms in total. The number of nitrogens with zero attached hydrogens (tertiary/aromatic N) is 4. The Morgan fingerprint density at radius 1 is 0.615 bits per heavy atom. The Balaban J connectivity index is 0.00000277. The monoisotopic (exact) mass is 685 g/mol. The van der Waals surface area contributed by atoms with Gasteiger partial charge in [0.05, 0.1) is 0 Å². The summed E-state index contributed by atoms with van der Waals surface area (Å²) in [5.41, 5.74) is 9.63. The fraction of sp³-hybridized carbons (Fsp3) is 0.118. The van der Waals surface area contributed by atoms with E-state index in [0.717, 1.165) is 22.5 Å². The molecule has 0 spiro atoms. The second-order valence-electron chi connectivity index (χ2n) is 10.0. The van der Waals surface area contributed by atoms with Gasteiger partial charge in [-0.25, -0.2) is 0 Å². The molecule has 4 aromatic rings. The van der Waals surface area contributed by atoms with Crippen LogP contribution in [0.5, 0.6) is 0 Å². The Morgan fingerprint density at radius 2 is 1.18 bits per heavy atom. The fourth-order valence-corrected chi connectivity index (χ4v) is 5.88. The van der Waals surface area contributed by atoms with Crippen molar-refractivity contribution in [1.82, 2.24) is 0 Å². The fourth-order valence-electron chi connectivity index (χ4n) is 5.88. The summed E-state index contributed by atoms with van der Waals surface area (Å²) in [6.45, 7) is 2.15. The summed E-state index contributed by atoms with van der Waals surface area (Å²) in [7, 11) is 3.96. The zero-order valence-electron chi connectivity index (χ0n) is 21.9. The Bertz CT molecular complexity index is 1830. The maximum absolute atomic E-state index is 3.82. The third-order valence-electron chi connectivity index (χ3n) is 7.47. The molecular formula is C34H26N4Pt+4. The molecule has 3 aliphatic rings. The van der Waals surface area contributed by atoms with Crippen LogP contribution in [-0.4, -0.2) is 44.4 Å². The van der Waals surface area contributed by atoms with E-state index in [-0.39, 0.29) is 21.1 Å². The summed E-state index contributed by atoms with van der Waals surface area (Å²) in [6.07, 6.45) is 8.02. The molecule has 0 unspecified atom stereocenters. The van der Waals surface area contributed by atoms with Crippen molar-refractivity contribution in [2.45, 2.75) is 12.3 Å². The number of benzene rings is 4. The maximum Gasteiger partial charge on any atom is 2.00 e. The van der Waals surface area contributed by atoms with Gasteiger partial charge in [-0.15, -0.1) is 23.3 Å². The molecule has 0 aromatic heterocycles. The zero-order chi connectivity index (χ0) is 25.9. The summed E-state index contributed by atoms with van der Waals surface area (Å²) in [5, 5.41) is 0. The van der Waals surface area contributed by atoms with Gasteiger partial charge in [0, 0.05) is 5.41 Å². The van der Waals surface area contributed by atoms with Crippen molar-refractivity contribution in [2.24, 2.45) is 0 Å². The Kier molecular flexibility index (Phi) is 6.13. The van der Waals surface area contributed by atoms with E-state index in [1.54, 1.807) is 0 Å². The first-order chi connectivity index (χ1) is 18.5. The molecule has 0 atom stereocenters. The number of fused-ring (bicyclic) bond motifs is 3. The van der Waals surface area contributed by atoms with E-state index in [9.17, 15) is 0 Å². The van der Waals surface area contributed by atoms with Crippen LogP contribution in [0.1, 0.15) is 27.8 Å². The minimum absolute atomic E-state index is 0. The van der Waals surface area contributed by atoms with Crippen LogP contribution < -0.4 is 0 Å². The van der Waals surface area contributed by atoms with Crippen molar-refractivity contribution in [3.8, 4) is 11.1 Å². The minimum Gasteiger partial charge on any atom is -0.166 e. The smallest absolute Gasteiger partial charge is 0.166 e. The van der Waals surface area contributed by atoms with E-state index in [1.807, 2.05) is 57.2 Å². The molecule has 0 saturated heterocycles. The summed E-state index contributed by atoms with van der Waals surface area (Å²) in [6, 6.07) is 42.6. The minimum atomic E-state index is -0.589. The molecule has 0 radical (unpaired) electrons. The van der Waals surface area contributed by atoms with Gasteiger partial charge in [-0.2, -0.15) is 23.8 Å². The van der Waals surface area contributed by atoms with E-state index < -0.39 is 5.41 Å². The van der Waals surface area contributed by atoms with Crippen molar-refractivity contribution >= 4 is 23.4 Å². The predicted octanol–water partition coefficient (Wildman–Crippen LogP) is 5.85. The number of hydrogen-bond donors (Lipinski definition) is 0. The van der Waals surface area contributed by atoms with E-state index in [2.05, 4.69) is 110 Å². The first-order valence-electron chi connectivity index (χ1n) is 12.7. The molecule has 0 saturated carbocycles. The van der Waals surface area contributed by atoms with Crippen molar-refractivity contribution in [3.05, 3.63) is 144 Å². The summed E-state index contributed by atoms with van der Waals surface area (Å²) in [4.78, 5) is 0. The summed E-state index contributed by atoms with van der Waals surface area (Å²) >= 11 is 0. The molecular weight excluding hydrogens is 659 g/mol. The van der Waals surface area contributed by atoms with Crippen LogP contribution >= 0.6 is 0 Å². The molecule has 5 heteroatoms. The van der Waals surface area contributed by atoms with Gasteiger partial charge < -0.3 is 0 Å². The third-order valence-corrected chi connectivity index (χ3v) is 7.47. The first-order valence-corrected chi connectivity index (χ1v) is 12.7. The van der Waals surface area contributed by atoms with Gasteiger partial charge in [0.2, 0.25) is 12.4 Å². The topological polar surface area (TPSA) is 12.0 Å². The van der Waals surface area contributed by atoms with E-state index >= 15 is 0 Å². The van der Waals surface area contributed by atoms with E-state index in [1.165, 1.54) is 27.8 Å². The Hall–Kier alpha value is -4.19. The molecule has 2 heterocycles. The van der Waals surface area contributed by atoms with Crippen LogP contribution in [0, 0.1) is 19.1 Å². The summed E-state index contributed by atoms with van der Waals surface area (Å²) in [5.74, 6) is 0. The zero-order valence-corrected chi connectivity index (χ0v) is 24.2. The first kappa shape index (κ1) is 25.1. The van der Waals surface area contributed by atoms with Gasteiger partial charge in [0.25, 0.3) is 12.4 Å². The molecule has 1 aliphatic carbocycles. The van der Waals surface area contributed by atoms with Crippen LogP contribution in [0.4, 0.5) is 11.4 Å². The van der Waals surface area contributed by atoms with Crippen LogP contribution in [-0.2, 0) is 26.5 Å². The number of rotatable bonds is 4. The Morgan fingerprint density at radius 3 is 1.77 bits per heavy atom. The number of aryl methyl sites for hydroxylation is 1. The molecule has 0 fully saturated rings. The number of hydrogen-bond acceptors (Lipinski definition) is 0. The van der Waals surface area contributed by atoms with Crippen molar-refractivity contribution < 1.29 is 39.4 Å². The second kappa shape index (κ2) is 9.53. The normalized spacial score (nSPS) is 15.7. The molecule has 0 N–H and O–H groups in total. The quantitative estimate of drug-likeness (QED) is 0.167. The van der Waals surface area contributed by atoms with Crippen LogP contribution in [0.3, 0.4) is 0 Å². The molecule has 39 heavy (non-hydrogen) atoms. The molecule has 0 amide bonds. The SMILES string of the molecule is Cc1cc([N+]2=C=[N+](C)C=C2)[c-]c(C2(c3[c-]c([N+]4=C=[N+](C)C=C4)ccc3)c3ccccc3-c3ccccc32)c1.[Pt+2]. The van der Waals surface area contributed by atoms with Crippen molar-refractivity contribution in [1.29, 1.82) is 0 Å². The van der Waals surface area contributed by atoms with E-state index in [0.29, 0.717) is 0 Å². The average molecular weight is 686 g/mol. The van der Waals surface area contributed by atoms with E-state index in [4.69, 9.17) is 0 Å². The molecule has 7 rings (SSSR count). The van der Waals surface area contributed by atoms with Gasteiger partial charge in [-0.1, -0.05) is 85.9 Å². The van der Waals surface area contributed by atoms with Gasteiger partial charge in [0.15, 0.2) is 14.1 Å². The van der Waals surface area contributed by atoms with Gasteiger partial charge in [0.1, 0.15) is 11.4 Å². The standard InChI is InChI=1S/C34H26N4.Pt/c1-25-19-27(22-29(20-25)38-18-16-36(3)24-38)34(26-9-8-10-28(21-26)37-17-15-35(2)23-37)32-13-6-4-11-30(32)31-12-5-7-14-33(31)34;/h4-20H,1-3H3;/q2*+2. The Labute approximate surface area is 243 Å². The average Bonchev–Trinajstić information content (AvgIpc) is 3.65. The third kappa shape index (κ3) is 3.89. The van der Waals surface area contributed by atoms with Gasteiger partial charge >= 0.3 is 33.1 Å². The van der Waals surface area contributed by atoms with Crippen molar-refractivity contribution in [2.75, 3.05) is 14.1 Å². The second-order valence-corrected chi connectivity index (χ2v) is 10.0. The predicted molar refractivity (Wildman–Crippen MR) is 147 cm³/mol. The molecule has 2 aliphatic heterocycles. The van der Waals surface area contributed by atoms with Crippen molar-refractivity contribution in [3.63, 3.8) is 0 Å².